The van der Waals surface area contributed by atoms with Crippen molar-refractivity contribution in [1.82, 2.24) is 19.8 Å². The summed E-state index contributed by atoms with van der Waals surface area (Å²) in [5.74, 6) is 0.0736. The molecule has 3 aliphatic heterocycles. The number of piperazine rings is 1. The lowest BCUT2D eigenvalue weighted by Gasteiger charge is -2.34. The summed E-state index contributed by atoms with van der Waals surface area (Å²) in [7, 11) is 2.12. The molecule has 0 unspecified atom stereocenters. The molecule has 9 rings (SSSR count). The Kier molecular flexibility index (Phi) is 11.1. The van der Waals surface area contributed by atoms with E-state index in [0.717, 1.165) is 53.3 Å². The maximum absolute atomic E-state index is 14.2. The summed E-state index contributed by atoms with van der Waals surface area (Å²) < 4.78 is 40.0. The normalized spacial score (nSPS) is 17.8. The van der Waals surface area contributed by atoms with E-state index in [1.165, 1.54) is 29.8 Å². The molecule has 0 aliphatic carbocycles. The summed E-state index contributed by atoms with van der Waals surface area (Å²) in [5.41, 5.74) is 4.46. The molecule has 13 heteroatoms. The SMILES string of the molecule is Cc1c2ccc(c1Cl)O[C@H](CN1CCN(C)CC1)COc1ccc(OCc3ccccc3)c(c1)C[C@H](C(=O)O)Oc1ncnc3sc(-c4ccc(F)cc4)c-2c13. The van der Waals surface area contributed by atoms with Crippen LogP contribution in [0.25, 0.3) is 31.8 Å². The number of carboxylic acid groups (broad SMARTS) is 1. The van der Waals surface area contributed by atoms with Gasteiger partial charge < -0.3 is 29.0 Å². The van der Waals surface area contributed by atoms with Crippen LogP contribution in [0.15, 0.2) is 91.3 Å². The molecule has 5 heterocycles. The van der Waals surface area contributed by atoms with Crippen LogP contribution in [0.5, 0.6) is 23.1 Å². The maximum Gasteiger partial charge on any atom is 0.345 e. The number of nitrogens with zero attached hydrogens (tertiary/aromatic N) is 4. The highest BCUT2D eigenvalue weighted by Crippen LogP contribution is 2.49. The van der Waals surface area contributed by atoms with Gasteiger partial charge in [0.1, 0.15) is 53.5 Å². The van der Waals surface area contributed by atoms with Crippen LogP contribution in [0.3, 0.4) is 0 Å². The number of likely N-dealkylation sites (N-methyl/N-ethyl adjacent to an activating group) is 1. The molecular formula is C43H40ClFN4O6S. The van der Waals surface area contributed by atoms with Crippen LogP contribution in [-0.4, -0.2) is 89.4 Å². The molecule has 3 aliphatic rings. The third kappa shape index (κ3) is 8.15. The number of ether oxygens (including phenoxy) is 4. The highest BCUT2D eigenvalue weighted by Gasteiger charge is 2.30. The first-order chi connectivity index (χ1) is 27.2. The number of benzene rings is 4. The molecule has 288 valence electrons. The van der Waals surface area contributed by atoms with E-state index in [9.17, 15) is 14.3 Å². The summed E-state index contributed by atoms with van der Waals surface area (Å²) in [6.07, 6.45) is -0.484. The molecule has 4 aromatic carbocycles. The van der Waals surface area contributed by atoms with Crippen LogP contribution >= 0.6 is 22.9 Å². The summed E-state index contributed by atoms with van der Waals surface area (Å²) in [6.45, 7) is 6.66. The van der Waals surface area contributed by atoms with E-state index in [0.29, 0.717) is 50.2 Å². The van der Waals surface area contributed by atoms with Crippen molar-refractivity contribution in [1.29, 1.82) is 0 Å². The number of hydrogen-bond acceptors (Lipinski definition) is 10. The zero-order valence-electron chi connectivity index (χ0n) is 30.9. The Labute approximate surface area is 333 Å². The van der Waals surface area contributed by atoms with Gasteiger partial charge >= 0.3 is 5.97 Å². The molecule has 1 fully saturated rings. The number of carboxylic acids is 1. The zero-order chi connectivity index (χ0) is 38.8. The molecule has 2 aromatic heterocycles. The molecule has 4 bridgehead atoms. The highest BCUT2D eigenvalue weighted by atomic mass is 35.5. The zero-order valence-corrected chi connectivity index (χ0v) is 32.5. The molecule has 56 heavy (non-hydrogen) atoms. The van der Waals surface area contributed by atoms with Gasteiger partial charge in [0.05, 0.1) is 10.4 Å². The van der Waals surface area contributed by atoms with Gasteiger partial charge in [0.25, 0.3) is 0 Å². The van der Waals surface area contributed by atoms with Gasteiger partial charge in [-0.1, -0.05) is 60.1 Å². The van der Waals surface area contributed by atoms with Gasteiger partial charge in [-0.15, -0.1) is 11.3 Å². The Hall–Kier alpha value is -5.27. The molecular weight excluding hydrogens is 755 g/mol. The van der Waals surface area contributed by atoms with Crippen molar-refractivity contribution in [2.45, 2.75) is 32.2 Å². The first-order valence-electron chi connectivity index (χ1n) is 18.4. The third-order valence-electron chi connectivity index (χ3n) is 10.2. The van der Waals surface area contributed by atoms with Gasteiger partial charge in [0, 0.05) is 55.1 Å². The molecule has 0 amide bonds. The molecule has 10 nitrogen and oxygen atoms in total. The van der Waals surface area contributed by atoms with Crippen molar-refractivity contribution in [3.63, 3.8) is 0 Å². The van der Waals surface area contributed by atoms with Gasteiger partial charge in [-0.3, -0.25) is 4.90 Å². The van der Waals surface area contributed by atoms with Crippen molar-refractivity contribution in [3.05, 3.63) is 119 Å². The monoisotopic (exact) mass is 794 g/mol. The molecule has 0 radical (unpaired) electrons. The number of fused-ring (bicyclic) bond motifs is 7. The lowest BCUT2D eigenvalue weighted by molar-refractivity contribution is -0.145. The van der Waals surface area contributed by atoms with E-state index in [1.807, 2.05) is 55.5 Å². The molecule has 6 aromatic rings. The number of rotatable bonds is 7. The second-order valence-corrected chi connectivity index (χ2v) is 15.4. The van der Waals surface area contributed by atoms with E-state index in [2.05, 4.69) is 26.8 Å². The first-order valence-corrected chi connectivity index (χ1v) is 19.6. The molecule has 0 saturated carbocycles. The fourth-order valence-electron chi connectivity index (χ4n) is 7.09. The van der Waals surface area contributed by atoms with Crippen molar-refractivity contribution in [2.24, 2.45) is 0 Å². The Morgan fingerprint density at radius 3 is 2.55 bits per heavy atom. The Morgan fingerprint density at radius 2 is 1.79 bits per heavy atom. The Balaban J connectivity index is 1.27. The van der Waals surface area contributed by atoms with Crippen molar-refractivity contribution in [2.75, 3.05) is 46.4 Å². The second-order valence-electron chi connectivity index (χ2n) is 14.1. The quantitative estimate of drug-likeness (QED) is 0.170. The van der Waals surface area contributed by atoms with Crippen LogP contribution in [-0.2, 0) is 17.8 Å². The maximum atomic E-state index is 14.2. The number of carbonyl (C=O) groups is 1. The number of aliphatic carboxylic acids is 1. The highest BCUT2D eigenvalue weighted by molar-refractivity contribution is 7.22. The first kappa shape index (κ1) is 37.6. The van der Waals surface area contributed by atoms with Crippen molar-refractivity contribution < 1.29 is 33.2 Å². The van der Waals surface area contributed by atoms with Crippen LogP contribution < -0.4 is 18.9 Å². The predicted octanol–water partition coefficient (Wildman–Crippen LogP) is 8.17. The number of thiophene rings is 1. The lowest BCUT2D eigenvalue weighted by Crippen LogP contribution is -2.49. The predicted molar refractivity (Wildman–Crippen MR) is 215 cm³/mol. The van der Waals surface area contributed by atoms with E-state index in [-0.39, 0.29) is 31.3 Å². The van der Waals surface area contributed by atoms with Gasteiger partial charge in [-0.05, 0) is 72.6 Å². The average Bonchev–Trinajstić information content (AvgIpc) is 3.59. The standard InChI is InChI=1S/C43H40ClFN4O6S/c1-26-33-13-15-35(39(26)44)54-32(22-49-18-16-48(2)17-19-49)24-52-31-12-14-34(53-23-27-6-4-3-5-7-27)29(20-31)21-36(43(50)51)55-41-38-37(33)40(56-42(38)47-25-46-41)28-8-10-30(45)11-9-28/h3-15,20,25,32,36H,16-19,21-24H2,1-2H3,(H,50,51)/t32-,36-/m1/s1. The van der Waals surface area contributed by atoms with Gasteiger partial charge in [-0.2, -0.15) is 0 Å². The third-order valence-corrected chi connectivity index (χ3v) is 11.8. The fourth-order valence-corrected chi connectivity index (χ4v) is 8.45. The van der Waals surface area contributed by atoms with E-state index >= 15 is 0 Å². The minimum Gasteiger partial charge on any atom is -0.490 e. The van der Waals surface area contributed by atoms with Gasteiger partial charge in [-0.25, -0.2) is 19.2 Å². The van der Waals surface area contributed by atoms with Crippen molar-refractivity contribution in [3.8, 4) is 44.7 Å². The smallest absolute Gasteiger partial charge is 0.345 e. The van der Waals surface area contributed by atoms with E-state index in [1.54, 1.807) is 24.3 Å². The van der Waals surface area contributed by atoms with Crippen LogP contribution in [0.4, 0.5) is 4.39 Å². The van der Waals surface area contributed by atoms with Crippen LogP contribution in [0.2, 0.25) is 5.02 Å². The lowest BCUT2D eigenvalue weighted by atomic mass is 9.96. The number of aromatic nitrogens is 2. The van der Waals surface area contributed by atoms with Crippen molar-refractivity contribution >= 4 is 39.1 Å². The minimum atomic E-state index is -1.37. The molecule has 1 saturated heterocycles. The van der Waals surface area contributed by atoms with Gasteiger partial charge in [0.2, 0.25) is 12.0 Å². The van der Waals surface area contributed by atoms with E-state index in [4.69, 9.17) is 30.5 Å². The largest absolute Gasteiger partial charge is 0.490 e. The van der Waals surface area contributed by atoms with Crippen LogP contribution in [0, 0.1) is 12.7 Å². The number of halogens is 2. The topological polar surface area (TPSA) is 106 Å². The summed E-state index contributed by atoms with van der Waals surface area (Å²) in [5, 5.41) is 11.6. The number of hydrogen-bond donors (Lipinski definition) is 1. The Bertz CT molecular complexity index is 2350. The fraction of sp³-hybridized carbons (Fsp3) is 0.279. The molecule has 1 N–H and O–H groups in total. The van der Waals surface area contributed by atoms with Crippen LogP contribution in [0.1, 0.15) is 16.7 Å². The summed E-state index contributed by atoms with van der Waals surface area (Å²) in [6, 6.07) is 25.1. The second kappa shape index (κ2) is 16.4. The molecule has 0 spiro atoms. The minimum absolute atomic E-state index is 0.0627. The summed E-state index contributed by atoms with van der Waals surface area (Å²) in [4.78, 5) is 28.1. The van der Waals surface area contributed by atoms with E-state index < -0.39 is 18.2 Å². The Morgan fingerprint density at radius 1 is 1.00 bits per heavy atom. The molecule has 2 atom stereocenters. The summed E-state index contributed by atoms with van der Waals surface area (Å²) >= 11 is 8.57. The average molecular weight is 795 g/mol. The van der Waals surface area contributed by atoms with Gasteiger partial charge in [0.15, 0.2) is 0 Å².